The van der Waals surface area contributed by atoms with Crippen LogP contribution in [0.1, 0.15) is 36.8 Å². The third-order valence-electron chi connectivity index (χ3n) is 4.71. The highest BCUT2D eigenvalue weighted by Crippen LogP contribution is 2.29. The largest absolute Gasteiger partial charge is 0.439 e. The Kier molecular flexibility index (Phi) is 4.53. The minimum atomic E-state index is -0.742. The summed E-state index contributed by atoms with van der Waals surface area (Å²) in [7, 11) is 0. The maximum atomic E-state index is 12.3. The number of rotatable bonds is 4. The zero-order valence-corrected chi connectivity index (χ0v) is 14.1. The normalized spacial score (nSPS) is 16.0. The number of carbonyl (C=O) groups excluding carboxylic acids is 1. The predicted molar refractivity (Wildman–Crippen MR) is 94.2 cm³/mol. The van der Waals surface area contributed by atoms with E-state index < -0.39 is 5.54 Å². The van der Waals surface area contributed by atoms with Crippen LogP contribution in [0.15, 0.2) is 36.5 Å². The zero-order valence-electron chi connectivity index (χ0n) is 14.1. The first-order valence-electron chi connectivity index (χ1n) is 8.28. The lowest BCUT2D eigenvalue weighted by atomic mass is 9.98. The van der Waals surface area contributed by atoms with Gasteiger partial charge in [-0.05, 0) is 49.9 Å². The van der Waals surface area contributed by atoms with Crippen LogP contribution in [0.3, 0.4) is 0 Å². The van der Waals surface area contributed by atoms with Crippen LogP contribution in [0.4, 0.5) is 5.69 Å². The van der Waals surface area contributed by atoms with E-state index in [4.69, 9.17) is 10.5 Å². The van der Waals surface area contributed by atoms with E-state index in [9.17, 15) is 4.79 Å². The van der Waals surface area contributed by atoms with Gasteiger partial charge in [-0.1, -0.05) is 25.0 Å². The van der Waals surface area contributed by atoms with E-state index in [1.165, 1.54) is 5.56 Å². The molecule has 0 atom stereocenters. The molecule has 0 aliphatic heterocycles. The van der Waals surface area contributed by atoms with Gasteiger partial charge in [0.25, 0.3) is 0 Å². The number of pyridine rings is 1. The average molecular weight is 325 g/mol. The van der Waals surface area contributed by atoms with Gasteiger partial charge in [-0.2, -0.15) is 0 Å². The third kappa shape index (κ3) is 3.41. The molecule has 1 fully saturated rings. The average Bonchev–Trinajstić information content (AvgIpc) is 3.02. The van der Waals surface area contributed by atoms with E-state index in [-0.39, 0.29) is 5.91 Å². The molecule has 126 valence electrons. The first kappa shape index (κ1) is 16.5. The summed E-state index contributed by atoms with van der Waals surface area (Å²) < 4.78 is 5.82. The molecule has 1 heterocycles. The van der Waals surface area contributed by atoms with Crippen LogP contribution in [-0.2, 0) is 4.79 Å². The summed E-state index contributed by atoms with van der Waals surface area (Å²) in [5.41, 5.74) is 8.30. The molecule has 0 unspecified atom stereocenters. The second-order valence-corrected chi connectivity index (χ2v) is 6.50. The van der Waals surface area contributed by atoms with E-state index >= 15 is 0 Å². The molecule has 1 aliphatic carbocycles. The summed E-state index contributed by atoms with van der Waals surface area (Å²) in [6.45, 7) is 4.06. The fourth-order valence-corrected chi connectivity index (χ4v) is 2.95. The van der Waals surface area contributed by atoms with E-state index in [0.29, 0.717) is 11.6 Å². The fourth-order valence-electron chi connectivity index (χ4n) is 2.95. The number of nitrogens with one attached hydrogen (secondary N) is 1. The highest BCUT2D eigenvalue weighted by Gasteiger charge is 2.36. The molecule has 3 rings (SSSR count). The molecule has 1 saturated carbocycles. The maximum Gasteiger partial charge on any atom is 0.244 e. The van der Waals surface area contributed by atoms with Gasteiger partial charge in [0.1, 0.15) is 5.75 Å². The van der Waals surface area contributed by atoms with Gasteiger partial charge in [0, 0.05) is 6.07 Å². The number of benzene rings is 1. The molecule has 1 aliphatic rings. The lowest BCUT2D eigenvalue weighted by Crippen LogP contribution is -2.48. The van der Waals surface area contributed by atoms with Gasteiger partial charge >= 0.3 is 0 Å². The molecule has 2 aromatic rings. The number of hydrogen-bond acceptors (Lipinski definition) is 4. The van der Waals surface area contributed by atoms with E-state index in [1.807, 2.05) is 32.0 Å². The Bertz CT molecular complexity index is 735. The third-order valence-corrected chi connectivity index (χ3v) is 4.71. The smallest absolute Gasteiger partial charge is 0.244 e. The minimum Gasteiger partial charge on any atom is -0.439 e. The van der Waals surface area contributed by atoms with E-state index in [0.717, 1.165) is 37.0 Å². The quantitative estimate of drug-likeness (QED) is 0.898. The SMILES string of the molecule is Cc1cccc(Oc2ccc(NC(=O)C3(N)CCCC3)cn2)c1C. The van der Waals surface area contributed by atoms with Crippen LogP contribution in [0.5, 0.6) is 11.6 Å². The standard InChI is InChI=1S/C19H23N3O2/c1-13-6-5-7-16(14(13)2)24-17-9-8-15(12-21-17)22-18(23)19(20)10-3-4-11-19/h5-9,12H,3-4,10-11,20H2,1-2H3,(H,22,23). The predicted octanol–water partition coefficient (Wildman–Crippen LogP) is 3.70. The monoisotopic (exact) mass is 325 g/mol. The number of ether oxygens (including phenoxy) is 1. The van der Waals surface area contributed by atoms with Crippen LogP contribution in [0.2, 0.25) is 0 Å². The van der Waals surface area contributed by atoms with Gasteiger partial charge in [-0.25, -0.2) is 4.98 Å². The van der Waals surface area contributed by atoms with Crippen molar-refractivity contribution in [1.29, 1.82) is 0 Å². The Hall–Kier alpha value is -2.40. The summed E-state index contributed by atoms with van der Waals surface area (Å²) in [5.74, 6) is 1.14. The summed E-state index contributed by atoms with van der Waals surface area (Å²) in [6, 6.07) is 9.44. The fraction of sp³-hybridized carbons (Fsp3) is 0.368. The molecule has 24 heavy (non-hydrogen) atoms. The first-order valence-corrected chi connectivity index (χ1v) is 8.28. The van der Waals surface area contributed by atoms with Gasteiger partial charge in [-0.3, -0.25) is 4.79 Å². The molecule has 0 bridgehead atoms. The number of anilines is 1. The molecular formula is C19H23N3O2. The molecule has 5 nitrogen and oxygen atoms in total. The Morgan fingerprint density at radius 2 is 1.96 bits per heavy atom. The summed E-state index contributed by atoms with van der Waals surface area (Å²) >= 11 is 0. The van der Waals surface area contributed by atoms with Crippen molar-refractivity contribution in [3.63, 3.8) is 0 Å². The zero-order chi connectivity index (χ0) is 17.2. The van der Waals surface area contributed by atoms with Crippen molar-refractivity contribution in [3.05, 3.63) is 47.7 Å². The highest BCUT2D eigenvalue weighted by molar-refractivity contribution is 5.98. The van der Waals surface area contributed by atoms with Crippen LogP contribution in [0, 0.1) is 13.8 Å². The van der Waals surface area contributed by atoms with Crippen molar-refractivity contribution in [3.8, 4) is 11.6 Å². The van der Waals surface area contributed by atoms with Crippen LogP contribution in [-0.4, -0.2) is 16.4 Å². The Morgan fingerprint density at radius 1 is 1.21 bits per heavy atom. The van der Waals surface area contributed by atoms with E-state index in [1.54, 1.807) is 18.3 Å². The molecule has 1 amide bonds. The van der Waals surface area contributed by atoms with Gasteiger partial charge in [0.15, 0.2) is 0 Å². The Morgan fingerprint density at radius 3 is 2.62 bits per heavy atom. The second kappa shape index (κ2) is 6.61. The number of carbonyl (C=O) groups is 1. The van der Waals surface area contributed by atoms with Gasteiger partial charge < -0.3 is 15.8 Å². The van der Waals surface area contributed by atoms with Crippen LogP contribution >= 0.6 is 0 Å². The summed E-state index contributed by atoms with van der Waals surface area (Å²) in [6.07, 6.45) is 5.08. The topological polar surface area (TPSA) is 77.2 Å². The van der Waals surface area contributed by atoms with Crippen molar-refractivity contribution < 1.29 is 9.53 Å². The molecule has 0 saturated heterocycles. The highest BCUT2D eigenvalue weighted by atomic mass is 16.5. The van der Waals surface area contributed by atoms with Gasteiger partial charge in [-0.15, -0.1) is 0 Å². The van der Waals surface area contributed by atoms with E-state index in [2.05, 4.69) is 10.3 Å². The van der Waals surface area contributed by atoms with Crippen molar-refractivity contribution in [2.24, 2.45) is 5.73 Å². The van der Waals surface area contributed by atoms with Crippen molar-refractivity contribution in [2.45, 2.75) is 45.1 Å². The lowest BCUT2D eigenvalue weighted by Gasteiger charge is -2.22. The second-order valence-electron chi connectivity index (χ2n) is 6.50. The number of aromatic nitrogens is 1. The molecule has 0 radical (unpaired) electrons. The van der Waals surface area contributed by atoms with Crippen LogP contribution in [0.25, 0.3) is 0 Å². The molecular weight excluding hydrogens is 302 g/mol. The Labute approximate surface area is 142 Å². The molecule has 1 aromatic carbocycles. The minimum absolute atomic E-state index is 0.134. The molecule has 0 spiro atoms. The van der Waals surface area contributed by atoms with Crippen LogP contribution < -0.4 is 15.8 Å². The van der Waals surface area contributed by atoms with Gasteiger partial charge in [0.2, 0.25) is 11.8 Å². The Balaban J connectivity index is 1.67. The first-order chi connectivity index (χ1) is 11.5. The number of aryl methyl sites for hydroxylation is 1. The summed E-state index contributed by atoms with van der Waals surface area (Å²) in [5, 5.41) is 2.85. The molecule has 5 heteroatoms. The number of hydrogen-bond donors (Lipinski definition) is 2. The molecule has 1 aromatic heterocycles. The number of nitrogens with two attached hydrogens (primary N) is 1. The number of nitrogens with zero attached hydrogens (tertiary/aromatic N) is 1. The number of amides is 1. The molecule has 3 N–H and O–H groups in total. The lowest BCUT2D eigenvalue weighted by molar-refractivity contribution is -0.121. The van der Waals surface area contributed by atoms with Crippen molar-refractivity contribution >= 4 is 11.6 Å². The van der Waals surface area contributed by atoms with Gasteiger partial charge in [0.05, 0.1) is 17.4 Å². The van der Waals surface area contributed by atoms with Crippen molar-refractivity contribution in [1.82, 2.24) is 4.98 Å². The van der Waals surface area contributed by atoms with Crippen molar-refractivity contribution in [2.75, 3.05) is 5.32 Å². The maximum absolute atomic E-state index is 12.3. The summed E-state index contributed by atoms with van der Waals surface area (Å²) in [4.78, 5) is 16.6.